The average molecular weight is 374 g/mol. The third-order valence-corrected chi connectivity index (χ3v) is 4.80. The van der Waals surface area contributed by atoms with Crippen molar-refractivity contribution in [1.82, 2.24) is 15.0 Å². The first-order valence-corrected chi connectivity index (χ1v) is 8.97. The highest BCUT2D eigenvalue weighted by Crippen LogP contribution is 2.28. The van der Waals surface area contributed by atoms with Crippen LogP contribution in [0.25, 0.3) is 21.8 Å². The summed E-state index contributed by atoms with van der Waals surface area (Å²) in [5.74, 6) is 1.32. The van der Waals surface area contributed by atoms with E-state index in [-0.39, 0.29) is 0 Å². The van der Waals surface area contributed by atoms with E-state index in [2.05, 4.69) is 43.8 Å². The van der Waals surface area contributed by atoms with Crippen LogP contribution in [0, 0.1) is 0 Å². The number of H-pyrrole nitrogens is 2. The topological polar surface area (TPSA) is 68.5 Å². The number of benzene rings is 2. The molecule has 0 radical (unpaired) electrons. The van der Waals surface area contributed by atoms with Gasteiger partial charge < -0.3 is 20.6 Å². The fourth-order valence-electron chi connectivity index (χ4n) is 3.14. The van der Waals surface area contributed by atoms with Crippen molar-refractivity contribution in [2.45, 2.75) is 0 Å². The van der Waals surface area contributed by atoms with Crippen LogP contribution < -0.4 is 10.6 Å². The molecule has 3 heterocycles. The maximum atomic E-state index is 6.34. The summed E-state index contributed by atoms with van der Waals surface area (Å²) >= 11 is 6.34. The number of pyridine rings is 1. The van der Waals surface area contributed by atoms with Gasteiger partial charge >= 0.3 is 0 Å². The van der Waals surface area contributed by atoms with Gasteiger partial charge in [0, 0.05) is 34.8 Å². The van der Waals surface area contributed by atoms with Crippen molar-refractivity contribution in [3.05, 3.63) is 78.1 Å². The molecule has 6 heteroatoms. The van der Waals surface area contributed by atoms with E-state index in [1.54, 1.807) is 0 Å². The number of nitrogens with zero attached hydrogens (tertiary/aromatic N) is 1. The molecule has 4 N–H and O–H groups in total. The average Bonchev–Trinajstić information content (AvgIpc) is 3.32. The van der Waals surface area contributed by atoms with Crippen molar-refractivity contribution in [1.29, 1.82) is 0 Å². The van der Waals surface area contributed by atoms with Crippen LogP contribution in [0.1, 0.15) is 0 Å². The van der Waals surface area contributed by atoms with Crippen molar-refractivity contribution in [2.75, 3.05) is 10.6 Å². The second-order valence-corrected chi connectivity index (χ2v) is 6.74. The van der Waals surface area contributed by atoms with Crippen LogP contribution in [-0.2, 0) is 0 Å². The number of aromatic amines is 2. The van der Waals surface area contributed by atoms with Gasteiger partial charge in [-0.15, -0.1) is 0 Å². The minimum atomic E-state index is 0.562. The van der Waals surface area contributed by atoms with Crippen LogP contribution in [0.5, 0.6) is 0 Å². The standard InChI is InChI=1S/C21H16ClN5/c22-17-5-6-20(25-15-3-1-13-7-9-23-18(13)11-15)27-21(17)26-16-4-2-14-8-10-24-19(14)12-16/h1-12,23-24H,(H2,25,26,27). The molecule has 0 saturated heterocycles. The normalized spacial score (nSPS) is 11.1. The summed E-state index contributed by atoms with van der Waals surface area (Å²) in [4.78, 5) is 11.0. The first-order chi connectivity index (χ1) is 13.2. The number of halogens is 1. The van der Waals surface area contributed by atoms with Gasteiger partial charge in [0.05, 0.1) is 5.02 Å². The molecule has 0 saturated carbocycles. The summed E-state index contributed by atoms with van der Waals surface area (Å²) in [7, 11) is 0. The Morgan fingerprint density at radius 3 is 2.00 bits per heavy atom. The molecule has 3 aromatic heterocycles. The van der Waals surface area contributed by atoms with Crippen LogP contribution in [0.2, 0.25) is 5.02 Å². The molecule has 0 unspecified atom stereocenters. The Hall–Kier alpha value is -3.44. The van der Waals surface area contributed by atoms with Gasteiger partial charge in [0.2, 0.25) is 0 Å². The van der Waals surface area contributed by atoms with Gasteiger partial charge in [-0.2, -0.15) is 0 Å². The predicted octanol–water partition coefficient (Wildman–Crippen LogP) is 6.18. The molecule has 27 heavy (non-hydrogen) atoms. The molecule has 5 aromatic rings. The van der Waals surface area contributed by atoms with E-state index in [0.717, 1.165) is 27.8 Å². The highest BCUT2D eigenvalue weighted by atomic mass is 35.5. The van der Waals surface area contributed by atoms with E-state index in [1.165, 1.54) is 5.39 Å². The molecule has 0 bridgehead atoms. The Labute approximate surface area is 160 Å². The van der Waals surface area contributed by atoms with Crippen LogP contribution in [0.15, 0.2) is 73.1 Å². The number of hydrogen-bond acceptors (Lipinski definition) is 3. The second kappa shape index (κ2) is 6.37. The van der Waals surface area contributed by atoms with Gasteiger partial charge in [0.1, 0.15) is 5.82 Å². The van der Waals surface area contributed by atoms with Crippen molar-refractivity contribution in [3.8, 4) is 0 Å². The summed E-state index contributed by atoms with van der Waals surface area (Å²) in [5, 5.41) is 9.52. The first-order valence-electron chi connectivity index (χ1n) is 8.59. The van der Waals surface area contributed by atoms with Gasteiger partial charge in [-0.1, -0.05) is 23.7 Å². The first kappa shape index (κ1) is 15.8. The fraction of sp³-hybridized carbons (Fsp3) is 0. The molecular weight excluding hydrogens is 358 g/mol. The molecule has 0 atom stereocenters. The van der Waals surface area contributed by atoms with Crippen molar-refractivity contribution >= 4 is 56.4 Å². The van der Waals surface area contributed by atoms with Gasteiger partial charge in [0.15, 0.2) is 5.82 Å². The molecule has 2 aromatic carbocycles. The van der Waals surface area contributed by atoms with Crippen molar-refractivity contribution in [3.63, 3.8) is 0 Å². The molecule has 0 aliphatic carbocycles. The highest BCUT2D eigenvalue weighted by Gasteiger charge is 2.07. The van der Waals surface area contributed by atoms with Crippen molar-refractivity contribution in [2.24, 2.45) is 0 Å². The van der Waals surface area contributed by atoms with Gasteiger partial charge in [-0.25, -0.2) is 4.98 Å². The maximum Gasteiger partial charge on any atom is 0.151 e. The van der Waals surface area contributed by atoms with E-state index in [9.17, 15) is 0 Å². The Balaban J connectivity index is 1.42. The zero-order valence-electron chi connectivity index (χ0n) is 14.3. The fourth-order valence-corrected chi connectivity index (χ4v) is 3.29. The monoisotopic (exact) mass is 373 g/mol. The Kier molecular flexibility index (Phi) is 3.73. The number of fused-ring (bicyclic) bond motifs is 2. The van der Waals surface area contributed by atoms with E-state index in [4.69, 9.17) is 11.6 Å². The minimum Gasteiger partial charge on any atom is -0.361 e. The van der Waals surface area contributed by atoms with Gasteiger partial charge in [-0.05, 0) is 59.3 Å². The highest BCUT2D eigenvalue weighted by molar-refractivity contribution is 6.33. The lowest BCUT2D eigenvalue weighted by Crippen LogP contribution is -1.99. The lowest BCUT2D eigenvalue weighted by atomic mass is 10.2. The molecule has 132 valence electrons. The van der Waals surface area contributed by atoms with Crippen LogP contribution >= 0.6 is 11.6 Å². The zero-order chi connectivity index (χ0) is 18.2. The van der Waals surface area contributed by atoms with E-state index in [1.807, 2.05) is 54.9 Å². The number of anilines is 4. The van der Waals surface area contributed by atoms with E-state index >= 15 is 0 Å². The maximum absolute atomic E-state index is 6.34. The molecule has 0 spiro atoms. The number of nitrogens with one attached hydrogen (secondary N) is 4. The smallest absolute Gasteiger partial charge is 0.151 e. The van der Waals surface area contributed by atoms with E-state index < -0.39 is 0 Å². The third-order valence-electron chi connectivity index (χ3n) is 4.49. The van der Waals surface area contributed by atoms with Crippen LogP contribution in [0.4, 0.5) is 23.0 Å². The molecule has 0 fully saturated rings. The molecule has 5 nitrogen and oxygen atoms in total. The van der Waals surface area contributed by atoms with E-state index in [0.29, 0.717) is 16.7 Å². The van der Waals surface area contributed by atoms with Crippen molar-refractivity contribution < 1.29 is 0 Å². The summed E-state index contributed by atoms with van der Waals surface area (Å²) in [6, 6.07) is 20.0. The molecular formula is C21H16ClN5. The molecule has 5 rings (SSSR count). The zero-order valence-corrected chi connectivity index (χ0v) is 15.0. The number of aromatic nitrogens is 3. The predicted molar refractivity (Wildman–Crippen MR) is 112 cm³/mol. The summed E-state index contributed by atoms with van der Waals surface area (Å²) in [5.41, 5.74) is 4.01. The van der Waals surface area contributed by atoms with Gasteiger partial charge in [-0.3, -0.25) is 0 Å². The third kappa shape index (κ3) is 3.09. The lowest BCUT2D eigenvalue weighted by Gasteiger charge is -2.11. The Morgan fingerprint density at radius 1 is 0.704 bits per heavy atom. The SMILES string of the molecule is Clc1ccc(Nc2ccc3cc[nH]c3c2)nc1Nc1ccc2cc[nH]c2c1. The number of hydrogen-bond donors (Lipinski definition) is 4. The molecule has 0 aliphatic rings. The number of rotatable bonds is 4. The summed E-state index contributed by atoms with van der Waals surface area (Å²) < 4.78 is 0. The summed E-state index contributed by atoms with van der Waals surface area (Å²) in [6.07, 6.45) is 3.85. The minimum absolute atomic E-state index is 0.562. The van der Waals surface area contributed by atoms with Crippen LogP contribution in [0.3, 0.4) is 0 Å². The Bertz CT molecular complexity index is 1250. The van der Waals surface area contributed by atoms with Crippen LogP contribution in [-0.4, -0.2) is 15.0 Å². The lowest BCUT2D eigenvalue weighted by molar-refractivity contribution is 1.29. The quantitative estimate of drug-likeness (QED) is 0.304. The molecule has 0 aliphatic heterocycles. The molecule has 0 amide bonds. The Morgan fingerprint density at radius 2 is 1.33 bits per heavy atom. The largest absolute Gasteiger partial charge is 0.361 e. The summed E-state index contributed by atoms with van der Waals surface area (Å²) in [6.45, 7) is 0. The second-order valence-electron chi connectivity index (χ2n) is 6.34. The van der Waals surface area contributed by atoms with Gasteiger partial charge in [0.25, 0.3) is 0 Å².